The van der Waals surface area contributed by atoms with Crippen molar-refractivity contribution in [1.29, 1.82) is 0 Å². The van der Waals surface area contributed by atoms with E-state index in [1.165, 1.54) is 0 Å². The van der Waals surface area contributed by atoms with Gasteiger partial charge in [0.25, 0.3) is 0 Å². The highest BCUT2D eigenvalue weighted by Crippen LogP contribution is 1.68. The van der Waals surface area contributed by atoms with Gasteiger partial charge in [0.15, 0.2) is 0 Å². The van der Waals surface area contributed by atoms with Crippen molar-refractivity contribution in [3.05, 3.63) is 0 Å². The maximum atomic E-state index is 4.90. The van der Waals surface area contributed by atoms with Gasteiger partial charge in [0.2, 0.25) is 0 Å². The summed E-state index contributed by atoms with van der Waals surface area (Å²) < 4.78 is 4.75. The second-order valence-corrected chi connectivity index (χ2v) is 1.59. The average molecular weight is 143 g/mol. The Kier molecular flexibility index (Phi) is 7.97. The highest BCUT2D eigenvalue weighted by molar-refractivity contribution is 4.95. The zero-order valence-electron chi connectivity index (χ0n) is 6.44. The fraction of sp³-hybridized carbons (Fsp3) is 0.714. The van der Waals surface area contributed by atoms with Crippen LogP contribution in [0.1, 0.15) is 6.92 Å². The molecule has 3 heteroatoms. The summed E-state index contributed by atoms with van der Waals surface area (Å²) >= 11 is 0. The molecule has 0 spiro atoms. The van der Waals surface area contributed by atoms with Crippen LogP contribution in [-0.4, -0.2) is 26.9 Å². The molecule has 0 aromatic carbocycles. The predicted octanol–water partition coefficient (Wildman–Crippen LogP) is 0.177. The fourth-order valence-corrected chi connectivity index (χ4v) is 0.373. The summed E-state index contributed by atoms with van der Waals surface area (Å²) in [5.74, 6) is 5.53. The van der Waals surface area contributed by atoms with Crippen molar-refractivity contribution < 1.29 is 9.57 Å². The number of hydrogen-bond donors (Lipinski definition) is 1. The molecular weight excluding hydrogens is 130 g/mol. The highest BCUT2D eigenvalue weighted by Gasteiger charge is 1.81. The molecule has 0 aromatic rings. The van der Waals surface area contributed by atoms with E-state index in [1.807, 2.05) is 0 Å². The van der Waals surface area contributed by atoms with Gasteiger partial charge in [0.1, 0.15) is 0 Å². The minimum Gasteiger partial charge on any atom is -0.382 e. The predicted molar refractivity (Wildman–Crippen MR) is 39.3 cm³/mol. The molecule has 0 rings (SSSR count). The molecule has 0 aliphatic carbocycles. The van der Waals surface area contributed by atoms with E-state index in [4.69, 9.17) is 9.57 Å². The Morgan fingerprint density at radius 1 is 1.40 bits per heavy atom. The number of nitrogens with one attached hydrogen (secondary N) is 1. The molecule has 0 fully saturated rings. The van der Waals surface area contributed by atoms with Gasteiger partial charge >= 0.3 is 0 Å². The number of hydrogen-bond acceptors (Lipinski definition) is 3. The first-order valence-corrected chi connectivity index (χ1v) is 3.15. The lowest BCUT2D eigenvalue weighted by molar-refractivity contribution is 0.0131. The van der Waals surface area contributed by atoms with Crippen molar-refractivity contribution >= 4 is 0 Å². The van der Waals surface area contributed by atoms with Crippen molar-refractivity contribution in [1.82, 2.24) is 5.48 Å². The molecule has 0 aliphatic heterocycles. The van der Waals surface area contributed by atoms with Gasteiger partial charge in [-0.15, -0.1) is 5.92 Å². The molecule has 1 N–H and O–H groups in total. The third-order valence-electron chi connectivity index (χ3n) is 0.829. The topological polar surface area (TPSA) is 30.5 Å². The van der Waals surface area contributed by atoms with Crippen molar-refractivity contribution in [3.8, 4) is 11.8 Å². The third-order valence-corrected chi connectivity index (χ3v) is 0.829. The normalized spacial score (nSPS) is 8.60. The summed E-state index contributed by atoms with van der Waals surface area (Å²) in [5, 5.41) is 0. The highest BCUT2D eigenvalue weighted by atomic mass is 16.7. The largest absolute Gasteiger partial charge is 0.382 e. The van der Waals surface area contributed by atoms with E-state index in [-0.39, 0.29) is 0 Å². The summed E-state index contributed by atoms with van der Waals surface area (Å²) in [4.78, 5) is 4.90. The summed E-state index contributed by atoms with van der Waals surface area (Å²) in [6.07, 6.45) is 0. The van der Waals surface area contributed by atoms with E-state index in [0.717, 1.165) is 0 Å². The van der Waals surface area contributed by atoms with Gasteiger partial charge in [-0.1, -0.05) is 5.92 Å². The van der Waals surface area contributed by atoms with E-state index in [9.17, 15) is 0 Å². The summed E-state index contributed by atoms with van der Waals surface area (Å²) in [6.45, 7) is 3.52. The Balaban J connectivity index is 2.82. The Morgan fingerprint density at radius 2 is 2.20 bits per heavy atom. The molecule has 0 atom stereocenters. The molecule has 0 aliphatic rings. The Bertz CT molecular complexity index is 115. The minimum absolute atomic E-state index is 0.557. The molecule has 0 saturated carbocycles. The third kappa shape index (κ3) is 7.44. The van der Waals surface area contributed by atoms with E-state index in [2.05, 4.69) is 17.3 Å². The van der Waals surface area contributed by atoms with Gasteiger partial charge in [0, 0.05) is 7.11 Å². The molecule has 0 heterocycles. The molecule has 0 saturated heterocycles. The number of methoxy groups -OCH3 is 1. The molecule has 0 aromatic heterocycles. The van der Waals surface area contributed by atoms with Gasteiger partial charge in [-0.2, -0.15) is 5.48 Å². The summed E-state index contributed by atoms with van der Waals surface area (Å²) in [5.41, 5.74) is 2.67. The van der Waals surface area contributed by atoms with Gasteiger partial charge < -0.3 is 4.74 Å². The molecule has 0 bridgehead atoms. The first kappa shape index (κ1) is 9.44. The first-order chi connectivity index (χ1) is 4.91. The van der Waals surface area contributed by atoms with Crippen LogP contribution in [-0.2, 0) is 9.57 Å². The molecule has 10 heavy (non-hydrogen) atoms. The molecule has 58 valence electrons. The van der Waals surface area contributed by atoms with Gasteiger partial charge in [0.05, 0.1) is 19.8 Å². The maximum Gasteiger partial charge on any atom is 0.0916 e. The number of ether oxygens (including phenoxy) is 1. The minimum atomic E-state index is 0.557. The molecule has 0 radical (unpaired) electrons. The van der Waals surface area contributed by atoms with Crippen molar-refractivity contribution in [2.45, 2.75) is 6.92 Å². The lowest BCUT2D eigenvalue weighted by atomic mass is 10.6. The van der Waals surface area contributed by atoms with Crippen LogP contribution < -0.4 is 5.48 Å². The van der Waals surface area contributed by atoms with Crippen LogP contribution in [0.4, 0.5) is 0 Å². The average Bonchev–Trinajstić information content (AvgIpc) is 1.97. The molecule has 3 nitrogen and oxygen atoms in total. The van der Waals surface area contributed by atoms with Crippen molar-refractivity contribution in [2.24, 2.45) is 0 Å². The Hall–Kier alpha value is -0.560. The van der Waals surface area contributed by atoms with Crippen LogP contribution in [0.3, 0.4) is 0 Å². The second kappa shape index (κ2) is 8.44. The number of rotatable bonds is 5. The van der Waals surface area contributed by atoms with Crippen LogP contribution in [0.15, 0.2) is 0 Å². The van der Waals surface area contributed by atoms with Crippen LogP contribution in [0.2, 0.25) is 0 Å². The van der Waals surface area contributed by atoms with E-state index in [0.29, 0.717) is 19.8 Å². The molecular formula is C7H13NO2. The second-order valence-electron chi connectivity index (χ2n) is 1.59. The first-order valence-electron chi connectivity index (χ1n) is 3.15. The van der Waals surface area contributed by atoms with Gasteiger partial charge in [-0.05, 0) is 6.92 Å². The van der Waals surface area contributed by atoms with Crippen molar-refractivity contribution in [3.63, 3.8) is 0 Å². The molecule has 0 amide bonds. The smallest absolute Gasteiger partial charge is 0.0916 e. The van der Waals surface area contributed by atoms with E-state index < -0.39 is 0 Å². The zero-order valence-corrected chi connectivity index (χ0v) is 6.44. The van der Waals surface area contributed by atoms with E-state index >= 15 is 0 Å². The Morgan fingerprint density at radius 3 is 2.80 bits per heavy atom. The molecule has 0 unspecified atom stereocenters. The van der Waals surface area contributed by atoms with E-state index in [1.54, 1.807) is 14.0 Å². The zero-order chi connectivity index (χ0) is 7.66. The van der Waals surface area contributed by atoms with Crippen molar-refractivity contribution in [2.75, 3.05) is 26.9 Å². The van der Waals surface area contributed by atoms with Crippen LogP contribution in [0, 0.1) is 11.8 Å². The monoisotopic (exact) mass is 143 g/mol. The Labute approximate surface area is 61.7 Å². The van der Waals surface area contributed by atoms with Gasteiger partial charge in [-0.3, -0.25) is 4.84 Å². The van der Waals surface area contributed by atoms with Gasteiger partial charge in [-0.25, -0.2) is 0 Å². The fourth-order valence-electron chi connectivity index (χ4n) is 0.373. The lowest BCUT2D eigenvalue weighted by Crippen LogP contribution is -2.17. The standard InChI is InChI=1S/C7H13NO2/c1-3-4-5-8-10-7-6-9-2/h8H,5-7H2,1-2H3. The quantitative estimate of drug-likeness (QED) is 0.338. The summed E-state index contributed by atoms with van der Waals surface area (Å²) in [7, 11) is 1.63. The summed E-state index contributed by atoms with van der Waals surface area (Å²) in [6, 6.07) is 0. The van der Waals surface area contributed by atoms with Crippen LogP contribution in [0.25, 0.3) is 0 Å². The van der Waals surface area contributed by atoms with Crippen LogP contribution in [0.5, 0.6) is 0 Å². The van der Waals surface area contributed by atoms with Crippen LogP contribution >= 0.6 is 0 Å². The SMILES string of the molecule is CC#CCNOCCOC. The maximum absolute atomic E-state index is 4.90. The number of hydroxylamine groups is 1. The lowest BCUT2D eigenvalue weighted by Gasteiger charge is -1.99.